The minimum atomic E-state index is 0.126. The summed E-state index contributed by atoms with van der Waals surface area (Å²) in [4.78, 5) is 0. The van der Waals surface area contributed by atoms with E-state index >= 15 is 0 Å². The maximum absolute atomic E-state index is 5.91. The van der Waals surface area contributed by atoms with Gasteiger partial charge in [-0.2, -0.15) is 0 Å². The molecule has 4 aliphatic rings. The molecule has 0 atom stereocenters. The molecule has 5 rings (SSSR count). The second kappa shape index (κ2) is 6.77. The summed E-state index contributed by atoms with van der Waals surface area (Å²) < 4.78 is 12.5. The van der Waals surface area contributed by atoms with E-state index in [2.05, 4.69) is 33.4 Å². The van der Waals surface area contributed by atoms with Gasteiger partial charge in [-0.3, -0.25) is 0 Å². The Balaban J connectivity index is 1.49. The van der Waals surface area contributed by atoms with E-state index in [1.54, 1.807) is 7.11 Å². The molecule has 1 N–H and O–H groups in total. The molecule has 25 heavy (non-hydrogen) atoms. The van der Waals surface area contributed by atoms with Gasteiger partial charge in [-0.1, -0.05) is 0 Å². The van der Waals surface area contributed by atoms with Crippen molar-refractivity contribution in [2.45, 2.75) is 70.6 Å². The van der Waals surface area contributed by atoms with Crippen LogP contribution >= 0.6 is 15.9 Å². The minimum Gasteiger partial charge on any atom is -0.493 e. The molecule has 1 aromatic rings. The molecule has 0 amide bonds. The first-order valence-electron chi connectivity index (χ1n) is 9.74. The first-order valence-corrected chi connectivity index (χ1v) is 10.5. The highest BCUT2D eigenvalue weighted by Gasteiger charge is 2.50. The number of hydrogen-bond acceptors (Lipinski definition) is 3. The van der Waals surface area contributed by atoms with Crippen LogP contribution in [0.15, 0.2) is 16.6 Å². The van der Waals surface area contributed by atoms with Crippen LogP contribution in [0.25, 0.3) is 0 Å². The van der Waals surface area contributed by atoms with Gasteiger partial charge in [0.1, 0.15) is 0 Å². The number of rotatable bonds is 6. The van der Waals surface area contributed by atoms with Gasteiger partial charge in [-0.25, -0.2) is 0 Å². The highest BCUT2D eigenvalue weighted by Crippen LogP contribution is 2.55. The molecule has 4 bridgehead atoms. The molecular weight excluding hydrogens is 378 g/mol. The van der Waals surface area contributed by atoms with Crippen LogP contribution in [-0.4, -0.2) is 18.8 Å². The second-order valence-electron chi connectivity index (χ2n) is 8.83. The second-order valence-corrected chi connectivity index (χ2v) is 9.68. The summed E-state index contributed by atoms with van der Waals surface area (Å²) in [6.45, 7) is 4.98. The van der Waals surface area contributed by atoms with E-state index in [1.807, 2.05) is 13.8 Å². The Kier molecular flexibility index (Phi) is 4.78. The lowest BCUT2D eigenvalue weighted by Crippen LogP contribution is -2.58. The van der Waals surface area contributed by atoms with E-state index < -0.39 is 0 Å². The van der Waals surface area contributed by atoms with Gasteiger partial charge in [0.15, 0.2) is 11.5 Å². The smallest absolute Gasteiger partial charge is 0.175 e. The number of methoxy groups -OCH3 is 1. The van der Waals surface area contributed by atoms with Gasteiger partial charge in [0.2, 0.25) is 0 Å². The summed E-state index contributed by atoms with van der Waals surface area (Å²) in [7, 11) is 1.71. The van der Waals surface area contributed by atoms with Gasteiger partial charge in [-0.15, -0.1) is 0 Å². The van der Waals surface area contributed by atoms with E-state index in [9.17, 15) is 0 Å². The van der Waals surface area contributed by atoms with E-state index in [1.165, 1.54) is 44.1 Å². The van der Waals surface area contributed by atoms with Gasteiger partial charge >= 0.3 is 0 Å². The number of benzene rings is 1. The first kappa shape index (κ1) is 17.7. The molecule has 4 fully saturated rings. The Bertz CT molecular complexity index is 608. The molecule has 0 aromatic heterocycles. The summed E-state index contributed by atoms with van der Waals surface area (Å²) in [6.07, 6.45) is 8.73. The zero-order valence-corrected chi connectivity index (χ0v) is 17.2. The molecule has 0 saturated heterocycles. The van der Waals surface area contributed by atoms with E-state index in [-0.39, 0.29) is 6.10 Å². The van der Waals surface area contributed by atoms with Crippen molar-refractivity contribution in [3.8, 4) is 11.5 Å². The molecule has 138 valence electrons. The van der Waals surface area contributed by atoms with E-state index in [0.717, 1.165) is 40.3 Å². The Labute approximate surface area is 160 Å². The average Bonchev–Trinajstić information content (AvgIpc) is 2.53. The molecule has 1 aromatic carbocycles. The van der Waals surface area contributed by atoms with E-state index in [4.69, 9.17) is 9.47 Å². The third-order valence-electron chi connectivity index (χ3n) is 6.35. The molecule has 4 aliphatic carbocycles. The molecule has 0 spiro atoms. The lowest BCUT2D eigenvalue weighted by atomic mass is 9.53. The third kappa shape index (κ3) is 3.57. The fourth-order valence-corrected chi connectivity index (χ4v) is 6.42. The van der Waals surface area contributed by atoms with Crippen molar-refractivity contribution in [3.05, 3.63) is 22.2 Å². The quantitative estimate of drug-likeness (QED) is 0.693. The monoisotopic (exact) mass is 407 g/mol. The van der Waals surface area contributed by atoms with Crippen LogP contribution < -0.4 is 14.8 Å². The zero-order valence-electron chi connectivity index (χ0n) is 15.6. The normalized spacial score (nSPS) is 33.1. The summed E-state index contributed by atoms with van der Waals surface area (Å²) in [5, 5.41) is 3.97. The maximum atomic E-state index is 5.91. The van der Waals surface area contributed by atoms with Gasteiger partial charge in [-0.05, 0) is 104 Å². The molecule has 0 aliphatic heterocycles. The predicted octanol–water partition coefficient (Wildman–Crippen LogP) is 5.30. The summed E-state index contributed by atoms with van der Waals surface area (Å²) in [6, 6.07) is 4.30. The third-order valence-corrected chi connectivity index (χ3v) is 6.94. The van der Waals surface area contributed by atoms with Crippen molar-refractivity contribution in [2.75, 3.05) is 7.11 Å². The van der Waals surface area contributed by atoms with E-state index in [0.29, 0.717) is 5.54 Å². The minimum absolute atomic E-state index is 0.126. The van der Waals surface area contributed by atoms with Gasteiger partial charge < -0.3 is 14.8 Å². The van der Waals surface area contributed by atoms with Crippen molar-refractivity contribution in [1.82, 2.24) is 5.32 Å². The lowest BCUT2D eigenvalue weighted by molar-refractivity contribution is -0.0206. The number of ether oxygens (including phenoxy) is 2. The highest BCUT2D eigenvalue weighted by molar-refractivity contribution is 9.10. The van der Waals surface area contributed by atoms with Crippen LogP contribution in [0.3, 0.4) is 0 Å². The van der Waals surface area contributed by atoms with Crippen LogP contribution in [-0.2, 0) is 6.54 Å². The van der Waals surface area contributed by atoms with Crippen LogP contribution in [0.1, 0.15) is 57.9 Å². The van der Waals surface area contributed by atoms with Crippen LogP contribution in [0.5, 0.6) is 11.5 Å². The van der Waals surface area contributed by atoms with Crippen LogP contribution in [0, 0.1) is 17.8 Å². The topological polar surface area (TPSA) is 30.5 Å². The Hall–Kier alpha value is -0.740. The fraction of sp³-hybridized carbons (Fsp3) is 0.714. The van der Waals surface area contributed by atoms with Crippen LogP contribution in [0.4, 0.5) is 0 Å². The average molecular weight is 408 g/mol. The SMILES string of the molecule is COc1cc(CNC23CC4CC(CC(C4)C2)C3)cc(Br)c1OC(C)C. The van der Waals surface area contributed by atoms with Gasteiger partial charge in [0.05, 0.1) is 17.7 Å². The summed E-state index contributed by atoms with van der Waals surface area (Å²) in [5.41, 5.74) is 1.65. The highest BCUT2D eigenvalue weighted by atomic mass is 79.9. The Morgan fingerprint density at radius 2 is 1.72 bits per heavy atom. The maximum Gasteiger partial charge on any atom is 0.175 e. The molecule has 0 unspecified atom stereocenters. The summed E-state index contributed by atoms with van der Waals surface area (Å²) in [5.74, 6) is 4.53. The first-order chi connectivity index (χ1) is 12.0. The zero-order chi connectivity index (χ0) is 17.6. The number of hydrogen-bond donors (Lipinski definition) is 1. The lowest BCUT2D eigenvalue weighted by Gasteiger charge is -2.57. The molecule has 4 heteroatoms. The molecule has 4 saturated carbocycles. The van der Waals surface area contributed by atoms with Crippen molar-refractivity contribution in [2.24, 2.45) is 17.8 Å². The largest absolute Gasteiger partial charge is 0.493 e. The van der Waals surface area contributed by atoms with Crippen molar-refractivity contribution < 1.29 is 9.47 Å². The van der Waals surface area contributed by atoms with Gasteiger partial charge in [0.25, 0.3) is 0 Å². The van der Waals surface area contributed by atoms with Crippen LogP contribution in [0.2, 0.25) is 0 Å². The Morgan fingerprint density at radius 1 is 1.12 bits per heavy atom. The van der Waals surface area contributed by atoms with Gasteiger partial charge in [0, 0.05) is 12.1 Å². The van der Waals surface area contributed by atoms with Crippen molar-refractivity contribution >= 4 is 15.9 Å². The number of nitrogens with one attached hydrogen (secondary N) is 1. The number of halogens is 1. The summed E-state index contributed by atoms with van der Waals surface area (Å²) >= 11 is 3.67. The fourth-order valence-electron chi connectivity index (χ4n) is 5.84. The van der Waals surface area contributed by atoms with Crippen molar-refractivity contribution in [1.29, 1.82) is 0 Å². The molecular formula is C21H30BrNO2. The molecule has 0 radical (unpaired) electrons. The standard InChI is InChI=1S/C21H30BrNO2/c1-13(2)25-20-18(22)7-17(8-19(20)24-3)12-23-21-9-14-4-15(10-21)6-16(5-14)11-21/h7-8,13-16,23H,4-6,9-12H2,1-3H3. The molecule has 0 heterocycles. The van der Waals surface area contributed by atoms with Crippen molar-refractivity contribution in [3.63, 3.8) is 0 Å². The Morgan fingerprint density at radius 3 is 2.24 bits per heavy atom. The molecule has 3 nitrogen and oxygen atoms in total. The predicted molar refractivity (Wildman–Crippen MR) is 104 cm³/mol.